The minimum atomic E-state index is -0.579. The van der Waals surface area contributed by atoms with Crippen molar-refractivity contribution in [3.63, 3.8) is 0 Å². The lowest BCUT2D eigenvalue weighted by Gasteiger charge is -2.39. The van der Waals surface area contributed by atoms with Crippen LogP contribution in [0.3, 0.4) is 0 Å². The summed E-state index contributed by atoms with van der Waals surface area (Å²) in [6.45, 7) is 0. The first-order valence-corrected chi connectivity index (χ1v) is 22.0. The SMILES string of the molecule is c1ccc(-c2nc(-c3cccc(-c4nc5ccccc5c5cc6c(cc45)-c4ccccc4C64c5ccccc5Oc5ccccc54)c3)cc(-c3cccc4c3oc3ccccc34)n2)cc1. The predicted octanol–water partition coefficient (Wildman–Crippen LogP) is 15.2. The molecule has 0 unspecified atom stereocenters. The van der Waals surface area contributed by atoms with Gasteiger partial charge in [0.25, 0.3) is 0 Å². The molecule has 0 radical (unpaired) electrons. The first kappa shape index (κ1) is 35.9. The lowest BCUT2D eigenvalue weighted by atomic mass is 9.66. The molecule has 14 rings (SSSR count). The molecule has 0 saturated heterocycles. The molecule has 5 heteroatoms. The molecule has 2 aliphatic rings. The maximum Gasteiger partial charge on any atom is 0.160 e. The zero-order valence-electron chi connectivity index (χ0n) is 34.9. The van der Waals surface area contributed by atoms with Crippen LogP contribution in [0, 0.1) is 0 Å². The number of ether oxygens (including phenoxy) is 1. The highest BCUT2D eigenvalue weighted by Gasteiger charge is 2.51. The average molecular weight is 830 g/mol. The van der Waals surface area contributed by atoms with Gasteiger partial charge in [-0.3, -0.25) is 0 Å². The van der Waals surface area contributed by atoms with Crippen molar-refractivity contribution in [2.24, 2.45) is 0 Å². The molecule has 0 atom stereocenters. The number of furan rings is 1. The summed E-state index contributed by atoms with van der Waals surface area (Å²) in [7, 11) is 0. The first-order valence-electron chi connectivity index (χ1n) is 22.0. The summed E-state index contributed by atoms with van der Waals surface area (Å²) in [5.74, 6) is 2.40. The number of rotatable bonds is 4. The summed E-state index contributed by atoms with van der Waals surface area (Å²) >= 11 is 0. The van der Waals surface area contributed by atoms with E-state index >= 15 is 0 Å². The fourth-order valence-corrected chi connectivity index (χ4v) is 10.7. The van der Waals surface area contributed by atoms with Crippen molar-refractivity contribution in [2.45, 2.75) is 5.41 Å². The highest BCUT2D eigenvalue weighted by atomic mass is 16.5. The van der Waals surface area contributed by atoms with Crippen molar-refractivity contribution in [2.75, 3.05) is 0 Å². The van der Waals surface area contributed by atoms with Gasteiger partial charge in [0, 0.05) is 54.9 Å². The van der Waals surface area contributed by atoms with Crippen LogP contribution >= 0.6 is 0 Å². The molecule has 4 heterocycles. The van der Waals surface area contributed by atoms with E-state index in [1.807, 2.05) is 36.4 Å². The van der Waals surface area contributed by atoms with Gasteiger partial charge in [0.15, 0.2) is 5.82 Å². The first-order chi connectivity index (χ1) is 32.2. The van der Waals surface area contributed by atoms with Crippen LogP contribution in [0.1, 0.15) is 22.3 Å². The third kappa shape index (κ3) is 5.18. The summed E-state index contributed by atoms with van der Waals surface area (Å²) in [4.78, 5) is 15.9. The predicted molar refractivity (Wildman–Crippen MR) is 261 cm³/mol. The topological polar surface area (TPSA) is 61.0 Å². The Hall–Kier alpha value is -8.67. The molecule has 1 aliphatic heterocycles. The fraction of sp³-hybridized carbons (Fsp3) is 0.0167. The number of pyridine rings is 1. The Morgan fingerprint density at radius 3 is 1.83 bits per heavy atom. The normalized spacial score (nSPS) is 13.2. The lowest BCUT2D eigenvalue weighted by Crippen LogP contribution is -2.32. The molecule has 0 fully saturated rings. The molecular formula is C60H35N3O2. The molecule has 5 nitrogen and oxygen atoms in total. The quantitative estimate of drug-likeness (QED) is 0.165. The monoisotopic (exact) mass is 829 g/mol. The Bertz CT molecular complexity index is 3900. The van der Waals surface area contributed by atoms with Crippen molar-refractivity contribution >= 4 is 43.6 Å². The molecule has 9 aromatic carbocycles. The van der Waals surface area contributed by atoms with E-state index in [0.29, 0.717) is 5.82 Å². The van der Waals surface area contributed by atoms with Crippen LogP contribution in [0.15, 0.2) is 217 Å². The van der Waals surface area contributed by atoms with Gasteiger partial charge in [-0.15, -0.1) is 0 Å². The number of hydrogen-bond donors (Lipinski definition) is 0. The molecule has 0 amide bonds. The standard InChI is InChI=1S/C60H35N3O2/c1-2-16-36(17-3-1)59-62-52(35-53(63-59)43-24-15-23-42-41-22-6-11-29-54(41)65-58(42)43)37-18-14-19-38(32-37)57-46-33-45-39-20-4-7-25-47(39)60(50(45)34-44(46)40-21-5-10-28-51(40)61-57)48-26-8-12-30-55(48)64-56-31-13-9-27-49(56)60/h1-35H. The molecule has 0 N–H and O–H groups in total. The number of fused-ring (bicyclic) bond motifs is 15. The van der Waals surface area contributed by atoms with E-state index in [9.17, 15) is 0 Å². The van der Waals surface area contributed by atoms with Crippen molar-refractivity contribution in [1.29, 1.82) is 0 Å². The fourth-order valence-electron chi connectivity index (χ4n) is 10.7. The Labute approximate surface area is 373 Å². The Morgan fingerprint density at radius 1 is 0.354 bits per heavy atom. The van der Waals surface area contributed by atoms with E-state index in [4.69, 9.17) is 24.1 Å². The number of hydrogen-bond acceptors (Lipinski definition) is 5. The zero-order valence-corrected chi connectivity index (χ0v) is 34.9. The van der Waals surface area contributed by atoms with Crippen LogP contribution in [0.2, 0.25) is 0 Å². The van der Waals surface area contributed by atoms with E-state index in [1.54, 1.807) is 0 Å². The third-order valence-corrected chi connectivity index (χ3v) is 13.5. The second kappa shape index (κ2) is 13.7. The largest absolute Gasteiger partial charge is 0.457 e. The summed E-state index contributed by atoms with van der Waals surface area (Å²) in [5.41, 5.74) is 15.5. The molecular weight excluding hydrogens is 795 g/mol. The van der Waals surface area contributed by atoms with E-state index in [2.05, 4.69) is 176 Å². The Morgan fingerprint density at radius 2 is 0.985 bits per heavy atom. The second-order valence-corrected chi connectivity index (χ2v) is 17.0. The molecule has 12 aromatic rings. The highest BCUT2D eigenvalue weighted by Crippen LogP contribution is 2.62. The van der Waals surface area contributed by atoms with Crippen molar-refractivity contribution in [1.82, 2.24) is 15.0 Å². The molecule has 3 aromatic heterocycles. The van der Waals surface area contributed by atoms with Gasteiger partial charge in [-0.05, 0) is 82.2 Å². The maximum atomic E-state index is 6.65. The number of aromatic nitrogens is 3. The Kier molecular flexibility index (Phi) is 7.54. The van der Waals surface area contributed by atoms with Crippen LogP contribution in [0.25, 0.3) is 99.9 Å². The van der Waals surface area contributed by atoms with E-state index in [-0.39, 0.29) is 0 Å². The minimum absolute atomic E-state index is 0.579. The number of para-hydroxylation sites is 5. The molecule has 1 spiro atoms. The molecule has 302 valence electrons. The van der Waals surface area contributed by atoms with Gasteiger partial charge in [-0.25, -0.2) is 15.0 Å². The summed E-state index contributed by atoms with van der Waals surface area (Å²) in [6, 6.07) is 74.7. The van der Waals surface area contributed by atoms with Crippen molar-refractivity contribution in [3.8, 4) is 67.8 Å². The summed E-state index contributed by atoms with van der Waals surface area (Å²) in [5, 5.41) is 5.48. The van der Waals surface area contributed by atoms with Gasteiger partial charge in [-0.2, -0.15) is 0 Å². The van der Waals surface area contributed by atoms with E-state index in [1.165, 1.54) is 22.3 Å². The van der Waals surface area contributed by atoms with Crippen LogP contribution in [0.4, 0.5) is 0 Å². The van der Waals surface area contributed by atoms with Crippen LogP contribution in [-0.4, -0.2) is 15.0 Å². The van der Waals surface area contributed by atoms with Gasteiger partial charge in [-0.1, -0.05) is 158 Å². The van der Waals surface area contributed by atoms with Crippen molar-refractivity contribution in [3.05, 3.63) is 235 Å². The number of benzene rings is 9. The van der Waals surface area contributed by atoms with Gasteiger partial charge in [0.2, 0.25) is 0 Å². The van der Waals surface area contributed by atoms with Crippen molar-refractivity contribution < 1.29 is 9.15 Å². The van der Waals surface area contributed by atoms with Crippen LogP contribution < -0.4 is 4.74 Å². The summed E-state index contributed by atoms with van der Waals surface area (Å²) in [6.07, 6.45) is 0. The van der Waals surface area contributed by atoms with Crippen LogP contribution in [-0.2, 0) is 5.41 Å². The Balaban J connectivity index is 1.00. The molecule has 0 saturated carbocycles. The third-order valence-electron chi connectivity index (χ3n) is 13.5. The smallest absolute Gasteiger partial charge is 0.160 e. The van der Waals surface area contributed by atoms with Gasteiger partial charge < -0.3 is 9.15 Å². The zero-order chi connectivity index (χ0) is 42.6. The van der Waals surface area contributed by atoms with E-state index < -0.39 is 5.41 Å². The summed E-state index contributed by atoms with van der Waals surface area (Å²) < 4.78 is 13.2. The van der Waals surface area contributed by atoms with Gasteiger partial charge >= 0.3 is 0 Å². The minimum Gasteiger partial charge on any atom is -0.457 e. The molecule has 65 heavy (non-hydrogen) atoms. The molecule has 0 bridgehead atoms. The second-order valence-electron chi connectivity index (χ2n) is 17.0. The maximum absolute atomic E-state index is 6.65. The van der Waals surface area contributed by atoms with Gasteiger partial charge in [0.05, 0.1) is 28.0 Å². The highest BCUT2D eigenvalue weighted by molar-refractivity contribution is 6.14. The van der Waals surface area contributed by atoms with Crippen LogP contribution in [0.5, 0.6) is 11.5 Å². The lowest BCUT2D eigenvalue weighted by molar-refractivity contribution is 0.436. The average Bonchev–Trinajstić information content (AvgIpc) is 3.89. The van der Waals surface area contributed by atoms with E-state index in [0.717, 1.165) is 106 Å². The van der Waals surface area contributed by atoms with Gasteiger partial charge in [0.1, 0.15) is 22.7 Å². The number of nitrogens with zero attached hydrogens (tertiary/aromatic N) is 3. The molecule has 1 aliphatic carbocycles.